The van der Waals surface area contributed by atoms with Gasteiger partial charge in [-0.15, -0.1) is 0 Å². The third kappa shape index (κ3) is 4.65. The second-order valence-electron chi connectivity index (χ2n) is 5.01. The Morgan fingerprint density at radius 2 is 2.13 bits per heavy atom. The molecule has 1 aliphatic heterocycles. The van der Waals surface area contributed by atoms with Crippen molar-refractivity contribution in [1.82, 2.24) is 4.90 Å². The molecular weight excluding hydrogens is 328 g/mol. The van der Waals surface area contributed by atoms with Crippen LogP contribution >= 0.6 is 11.6 Å². The zero-order valence-electron chi connectivity index (χ0n) is 12.7. The first-order valence-electron chi connectivity index (χ1n) is 7.23. The molecule has 2 rings (SSSR count). The fourth-order valence-corrected chi connectivity index (χ4v) is 2.61. The van der Waals surface area contributed by atoms with E-state index in [0.29, 0.717) is 41.7 Å². The van der Waals surface area contributed by atoms with Crippen molar-refractivity contribution in [3.8, 4) is 5.75 Å². The number of hydrogen-bond donors (Lipinski definition) is 0. The number of nitrogens with zero attached hydrogens (tertiary/aromatic N) is 1. The molecule has 7 heteroatoms. The molecule has 0 aliphatic carbocycles. The van der Waals surface area contributed by atoms with E-state index in [4.69, 9.17) is 21.1 Å². The topological polar surface area (TPSA) is 38.8 Å². The molecule has 1 aromatic carbocycles. The van der Waals surface area contributed by atoms with E-state index in [9.17, 15) is 13.6 Å². The highest BCUT2D eigenvalue weighted by Crippen LogP contribution is 2.33. The number of halogens is 3. The summed E-state index contributed by atoms with van der Waals surface area (Å²) in [5.74, 6) is 0.234. The fraction of sp³-hybridized carbons (Fsp3) is 0.438. The number of benzene rings is 1. The van der Waals surface area contributed by atoms with Gasteiger partial charge in [0.2, 0.25) is 5.91 Å². The summed E-state index contributed by atoms with van der Waals surface area (Å²) in [6.07, 6.45) is -0.102. The average molecular weight is 346 g/mol. The molecule has 0 fully saturated rings. The highest BCUT2D eigenvalue weighted by atomic mass is 35.5. The molecule has 0 atom stereocenters. The van der Waals surface area contributed by atoms with E-state index in [0.717, 1.165) is 4.90 Å². The van der Waals surface area contributed by atoms with Crippen molar-refractivity contribution in [3.63, 3.8) is 0 Å². The summed E-state index contributed by atoms with van der Waals surface area (Å²) in [6.45, 7) is 0.194. The number of alkyl halides is 2. The van der Waals surface area contributed by atoms with Crippen LogP contribution in [0.5, 0.6) is 5.75 Å². The highest BCUT2D eigenvalue weighted by molar-refractivity contribution is 6.32. The van der Waals surface area contributed by atoms with Crippen molar-refractivity contribution in [2.75, 3.05) is 26.9 Å². The first-order valence-corrected chi connectivity index (χ1v) is 7.61. The Morgan fingerprint density at radius 1 is 1.35 bits per heavy atom. The van der Waals surface area contributed by atoms with Crippen molar-refractivity contribution in [2.24, 2.45) is 0 Å². The average Bonchev–Trinajstić information content (AvgIpc) is 2.50. The number of rotatable bonds is 7. The lowest BCUT2D eigenvalue weighted by molar-refractivity contribution is -0.129. The van der Waals surface area contributed by atoms with Gasteiger partial charge in [0.05, 0.1) is 18.2 Å². The summed E-state index contributed by atoms with van der Waals surface area (Å²) in [4.78, 5) is 13.0. The number of methoxy groups -OCH3 is 1. The third-order valence-electron chi connectivity index (χ3n) is 3.38. The van der Waals surface area contributed by atoms with Gasteiger partial charge in [0.1, 0.15) is 12.4 Å². The summed E-state index contributed by atoms with van der Waals surface area (Å²) in [6, 6.07) is 4.97. The molecule has 1 aliphatic rings. The van der Waals surface area contributed by atoms with Crippen LogP contribution in [0, 0.1) is 0 Å². The monoisotopic (exact) mass is 345 g/mol. The molecule has 0 bridgehead atoms. The van der Waals surface area contributed by atoms with Crippen LogP contribution in [0.2, 0.25) is 5.02 Å². The van der Waals surface area contributed by atoms with Crippen LogP contribution < -0.4 is 4.74 Å². The minimum Gasteiger partial charge on any atom is -0.491 e. The van der Waals surface area contributed by atoms with Gasteiger partial charge in [-0.05, 0) is 24.6 Å². The van der Waals surface area contributed by atoms with E-state index in [-0.39, 0.29) is 12.3 Å². The summed E-state index contributed by atoms with van der Waals surface area (Å²) in [7, 11) is 1.57. The second-order valence-corrected chi connectivity index (χ2v) is 5.41. The number of ether oxygens (including phenoxy) is 2. The van der Waals surface area contributed by atoms with Crippen LogP contribution in [0.3, 0.4) is 0 Å². The van der Waals surface area contributed by atoms with Gasteiger partial charge >= 0.3 is 0 Å². The van der Waals surface area contributed by atoms with Gasteiger partial charge in [-0.25, -0.2) is 8.78 Å². The number of hydrogen-bond acceptors (Lipinski definition) is 3. The van der Waals surface area contributed by atoms with Gasteiger partial charge in [-0.1, -0.05) is 17.7 Å². The molecule has 0 aromatic heterocycles. The van der Waals surface area contributed by atoms with Gasteiger partial charge in [-0.2, -0.15) is 0 Å². The standard InChI is InChI=1S/C16H18ClF2NO3/c1-22-7-8-23-11-5-6-12(13(17)9-11)14-3-2-4-16(21)20(14)10-15(18)19/h3,5-6,9,15H,2,4,7-8,10H2,1H3. The minimum atomic E-state index is -2.60. The van der Waals surface area contributed by atoms with E-state index >= 15 is 0 Å². The Labute approximate surface area is 138 Å². The van der Waals surface area contributed by atoms with Gasteiger partial charge in [0.25, 0.3) is 6.43 Å². The highest BCUT2D eigenvalue weighted by Gasteiger charge is 2.26. The maximum absolute atomic E-state index is 12.7. The maximum Gasteiger partial charge on any atom is 0.256 e. The molecule has 0 unspecified atom stereocenters. The molecule has 0 N–H and O–H groups in total. The molecular formula is C16H18ClF2NO3. The number of carbonyl (C=O) groups is 1. The van der Waals surface area contributed by atoms with Gasteiger partial charge in [-0.3, -0.25) is 4.79 Å². The molecule has 1 aromatic rings. The molecule has 4 nitrogen and oxygen atoms in total. The lowest BCUT2D eigenvalue weighted by Gasteiger charge is -2.29. The smallest absolute Gasteiger partial charge is 0.256 e. The Morgan fingerprint density at radius 3 is 2.78 bits per heavy atom. The SMILES string of the molecule is COCCOc1ccc(C2=CCCC(=O)N2CC(F)F)c(Cl)c1. The molecule has 23 heavy (non-hydrogen) atoms. The van der Waals surface area contributed by atoms with Crippen LogP contribution in [0.15, 0.2) is 24.3 Å². The van der Waals surface area contributed by atoms with Crippen LogP contribution in [0.1, 0.15) is 18.4 Å². The van der Waals surface area contributed by atoms with Gasteiger partial charge in [0, 0.05) is 24.8 Å². The molecule has 126 valence electrons. The van der Waals surface area contributed by atoms with E-state index in [1.807, 2.05) is 0 Å². The molecule has 0 saturated heterocycles. The predicted molar refractivity (Wildman–Crippen MR) is 83.8 cm³/mol. The Kier molecular flexibility index (Phi) is 6.36. The van der Waals surface area contributed by atoms with Crippen molar-refractivity contribution < 1.29 is 23.0 Å². The normalized spacial score (nSPS) is 15.1. The quantitative estimate of drug-likeness (QED) is 0.709. The van der Waals surface area contributed by atoms with Crippen molar-refractivity contribution in [3.05, 3.63) is 34.9 Å². The van der Waals surface area contributed by atoms with Crippen molar-refractivity contribution in [1.29, 1.82) is 0 Å². The van der Waals surface area contributed by atoms with Gasteiger partial charge < -0.3 is 14.4 Å². The lowest BCUT2D eigenvalue weighted by Crippen LogP contribution is -2.35. The second kappa shape index (κ2) is 8.26. The molecule has 0 radical (unpaired) electrons. The van der Waals surface area contributed by atoms with Crippen LogP contribution in [-0.2, 0) is 9.53 Å². The van der Waals surface area contributed by atoms with Crippen molar-refractivity contribution in [2.45, 2.75) is 19.3 Å². The zero-order chi connectivity index (χ0) is 16.8. The predicted octanol–water partition coefficient (Wildman–Crippen LogP) is 3.59. The largest absolute Gasteiger partial charge is 0.491 e. The van der Waals surface area contributed by atoms with Crippen molar-refractivity contribution >= 4 is 23.2 Å². The van der Waals surface area contributed by atoms with Crippen LogP contribution in [-0.4, -0.2) is 44.1 Å². The van der Waals surface area contributed by atoms with E-state index in [1.165, 1.54) is 0 Å². The first kappa shape index (κ1) is 17.7. The third-order valence-corrected chi connectivity index (χ3v) is 3.69. The van der Waals surface area contributed by atoms with Gasteiger partial charge in [0.15, 0.2) is 0 Å². The Hall–Kier alpha value is -1.66. The summed E-state index contributed by atoms with van der Waals surface area (Å²) in [5.41, 5.74) is 0.967. The van der Waals surface area contributed by atoms with E-state index < -0.39 is 13.0 Å². The zero-order valence-corrected chi connectivity index (χ0v) is 13.5. The van der Waals surface area contributed by atoms with E-state index in [1.54, 1.807) is 31.4 Å². The fourth-order valence-electron chi connectivity index (χ4n) is 2.34. The lowest BCUT2D eigenvalue weighted by atomic mass is 10.0. The van der Waals surface area contributed by atoms with E-state index in [2.05, 4.69) is 0 Å². The summed E-state index contributed by atoms with van der Waals surface area (Å²) >= 11 is 6.25. The molecule has 1 amide bonds. The molecule has 0 spiro atoms. The van der Waals surface area contributed by atoms with Crippen LogP contribution in [0.4, 0.5) is 8.78 Å². The minimum absolute atomic E-state index is 0.228. The molecule has 0 saturated carbocycles. The Balaban J connectivity index is 2.21. The van der Waals surface area contributed by atoms with Crippen LogP contribution in [0.25, 0.3) is 5.70 Å². The Bertz CT molecular complexity index is 593. The maximum atomic E-state index is 12.7. The summed E-state index contributed by atoms with van der Waals surface area (Å²) < 4.78 is 35.8. The number of allylic oxidation sites excluding steroid dienone is 1. The summed E-state index contributed by atoms with van der Waals surface area (Å²) in [5, 5.41) is 0.347. The number of carbonyl (C=O) groups excluding carboxylic acids is 1. The number of amides is 1. The first-order chi connectivity index (χ1) is 11.0. The molecule has 1 heterocycles.